The van der Waals surface area contributed by atoms with Crippen LogP contribution in [0.25, 0.3) is 0 Å². The molecule has 2 rings (SSSR count). The van der Waals surface area contributed by atoms with Crippen molar-refractivity contribution >= 4 is 28.0 Å². The van der Waals surface area contributed by atoms with Gasteiger partial charge in [0.15, 0.2) is 5.70 Å². The van der Waals surface area contributed by atoms with Crippen molar-refractivity contribution in [1.29, 1.82) is 0 Å². The van der Waals surface area contributed by atoms with Crippen LogP contribution in [0.15, 0.2) is 40.6 Å². The average molecular weight is 411 g/mol. The lowest BCUT2D eigenvalue weighted by Gasteiger charge is -2.22. The molecule has 0 saturated carbocycles. The summed E-state index contributed by atoms with van der Waals surface area (Å²) in [5.74, 6) is -1.99. The maximum absolute atomic E-state index is 12.8. The zero-order valence-corrected chi connectivity index (χ0v) is 16.8. The Morgan fingerprint density at radius 1 is 1.11 bits per heavy atom. The number of rotatable bonds is 4. The van der Waals surface area contributed by atoms with Gasteiger partial charge in [0, 0.05) is 0 Å². The Balaban J connectivity index is 2.42. The van der Waals surface area contributed by atoms with Crippen molar-refractivity contribution in [2.24, 2.45) is 0 Å². The Morgan fingerprint density at radius 3 is 2.25 bits per heavy atom. The van der Waals surface area contributed by atoms with Crippen molar-refractivity contribution in [2.45, 2.75) is 38.2 Å². The maximum Gasteiger partial charge on any atom is 0.426 e. The third-order valence-corrected chi connectivity index (χ3v) is 5.25. The van der Waals surface area contributed by atoms with E-state index in [2.05, 4.69) is 15.6 Å². The van der Waals surface area contributed by atoms with Crippen LogP contribution in [0, 0.1) is 0 Å². The Labute approximate surface area is 162 Å². The Morgan fingerprint density at radius 2 is 1.71 bits per heavy atom. The number of amides is 2. The van der Waals surface area contributed by atoms with Crippen LogP contribution in [0.1, 0.15) is 38.1 Å². The number of allylic oxidation sites excluding steroid dienone is 1. The standard InChI is InChI=1S/C17H21N3O7S/c1-10(18-19-16(23)27-17(2,3)4)13(15(22)26-5)20-14(21)11-8-6-7-9-12(11)28(20,24)25/h6-9,18H,1-5H3,(H,19,23)/b13-10+. The average Bonchev–Trinajstić information content (AvgIpc) is 2.80. The van der Waals surface area contributed by atoms with Crippen LogP contribution in [-0.4, -0.2) is 43.4 Å². The molecule has 0 unspecified atom stereocenters. The van der Waals surface area contributed by atoms with E-state index < -0.39 is 39.3 Å². The normalized spacial score (nSPS) is 16.0. The predicted molar refractivity (Wildman–Crippen MR) is 97.0 cm³/mol. The highest BCUT2D eigenvalue weighted by molar-refractivity contribution is 7.90. The van der Waals surface area contributed by atoms with Crippen molar-refractivity contribution in [3.8, 4) is 0 Å². The molecule has 0 spiro atoms. The second-order valence-corrected chi connectivity index (χ2v) is 8.54. The fourth-order valence-corrected chi connectivity index (χ4v) is 4.05. The van der Waals surface area contributed by atoms with Gasteiger partial charge in [-0.2, -0.15) is 4.31 Å². The number of methoxy groups -OCH3 is 1. The predicted octanol–water partition coefficient (Wildman–Crippen LogP) is 1.26. The first-order valence-electron chi connectivity index (χ1n) is 8.13. The number of hydrogen-bond acceptors (Lipinski definition) is 8. The van der Waals surface area contributed by atoms with Crippen LogP contribution in [0.3, 0.4) is 0 Å². The lowest BCUT2D eigenvalue weighted by atomic mass is 10.2. The number of carbonyl (C=O) groups is 3. The summed E-state index contributed by atoms with van der Waals surface area (Å²) in [5.41, 5.74) is 2.99. The van der Waals surface area contributed by atoms with E-state index in [1.807, 2.05) is 0 Å². The molecule has 1 aromatic carbocycles. The van der Waals surface area contributed by atoms with E-state index >= 15 is 0 Å². The van der Waals surface area contributed by atoms with Crippen LogP contribution < -0.4 is 10.9 Å². The summed E-state index contributed by atoms with van der Waals surface area (Å²) in [6, 6.07) is 5.57. The summed E-state index contributed by atoms with van der Waals surface area (Å²) in [4.78, 5) is 36.5. The van der Waals surface area contributed by atoms with Crippen molar-refractivity contribution in [2.75, 3.05) is 7.11 Å². The van der Waals surface area contributed by atoms with Gasteiger partial charge in [-0.15, -0.1) is 0 Å². The summed E-state index contributed by atoms with van der Waals surface area (Å²) in [6.07, 6.45) is -0.866. The molecule has 1 aromatic rings. The van der Waals surface area contributed by atoms with Crippen molar-refractivity contribution < 1.29 is 32.3 Å². The van der Waals surface area contributed by atoms with E-state index in [1.165, 1.54) is 31.2 Å². The Kier molecular flexibility index (Phi) is 5.69. The van der Waals surface area contributed by atoms with E-state index in [9.17, 15) is 22.8 Å². The Bertz CT molecular complexity index is 961. The smallest absolute Gasteiger partial charge is 0.426 e. The second kappa shape index (κ2) is 7.50. The Hall–Kier alpha value is -3.08. The quantitative estimate of drug-likeness (QED) is 0.430. The number of ether oxygens (including phenoxy) is 2. The molecule has 0 radical (unpaired) electrons. The molecule has 0 aliphatic carbocycles. The molecular formula is C17H21N3O7S. The van der Waals surface area contributed by atoms with E-state index in [4.69, 9.17) is 4.74 Å². The van der Waals surface area contributed by atoms with Gasteiger partial charge in [-0.3, -0.25) is 10.2 Å². The third-order valence-electron chi connectivity index (χ3n) is 3.51. The van der Waals surface area contributed by atoms with Gasteiger partial charge in [0.1, 0.15) is 10.5 Å². The number of benzene rings is 1. The minimum absolute atomic E-state index is 0.0724. The lowest BCUT2D eigenvalue weighted by Crippen LogP contribution is -2.43. The highest BCUT2D eigenvalue weighted by atomic mass is 32.2. The molecule has 1 aliphatic heterocycles. The topological polar surface area (TPSA) is 131 Å². The molecule has 2 amide bonds. The molecular weight excluding hydrogens is 390 g/mol. The zero-order valence-electron chi connectivity index (χ0n) is 16.0. The van der Waals surface area contributed by atoms with Gasteiger partial charge >= 0.3 is 12.1 Å². The molecule has 0 atom stereocenters. The number of carbonyl (C=O) groups excluding carboxylic acids is 3. The monoisotopic (exact) mass is 411 g/mol. The molecule has 1 aliphatic rings. The molecule has 2 N–H and O–H groups in total. The first-order valence-corrected chi connectivity index (χ1v) is 9.57. The number of nitrogens with one attached hydrogen (secondary N) is 2. The van der Waals surface area contributed by atoms with Gasteiger partial charge in [-0.25, -0.2) is 23.4 Å². The molecule has 0 bridgehead atoms. The molecule has 0 saturated heterocycles. The molecule has 0 aromatic heterocycles. The highest BCUT2D eigenvalue weighted by Crippen LogP contribution is 2.34. The van der Waals surface area contributed by atoms with E-state index in [0.29, 0.717) is 4.31 Å². The first kappa shape index (κ1) is 21.2. The van der Waals surface area contributed by atoms with Crippen LogP contribution in [0.4, 0.5) is 4.79 Å². The summed E-state index contributed by atoms with van der Waals surface area (Å²) in [6.45, 7) is 6.26. The minimum Gasteiger partial charge on any atom is -0.464 e. The lowest BCUT2D eigenvalue weighted by molar-refractivity contribution is -0.137. The third kappa shape index (κ3) is 4.09. The van der Waals surface area contributed by atoms with E-state index in [1.54, 1.807) is 20.8 Å². The fourth-order valence-electron chi connectivity index (χ4n) is 2.40. The van der Waals surface area contributed by atoms with Crippen molar-refractivity contribution in [3.05, 3.63) is 41.2 Å². The highest BCUT2D eigenvalue weighted by Gasteiger charge is 2.46. The number of nitrogens with zero attached hydrogens (tertiary/aromatic N) is 1. The molecule has 0 fully saturated rings. The van der Waals surface area contributed by atoms with Gasteiger partial charge in [-0.1, -0.05) is 12.1 Å². The van der Waals surface area contributed by atoms with Gasteiger partial charge in [0.05, 0.1) is 18.4 Å². The van der Waals surface area contributed by atoms with Gasteiger partial charge in [0.2, 0.25) is 0 Å². The number of hydrazine groups is 1. The number of fused-ring (bicyclic) bond motifs is 1. The molecule has 1 heterocycles. The van der Waals surface area contributed by atoms with Crippen molar-refractivity contribution in [1.82, 2.24) is 15.2 Å². The van der Waals surface area contributed by atoms with Crippen molar-refractivity contribution in [3.63, 3.8) is 0 Å². The van der Waals surface area contributed by atoms with Crippen LogP contribution in [0.2, 0.25) is 0 Å². The van der Waals surface area contributed by atoms with Crippen LogP contribution >= 0.6 is 0 Å². The molecule has 10 nitrogen and oxygen atoms in total. The van der Waals surface area contributed by atoms with Gasteiger partial charge < -0.3 is 9.47 Å². The van der Waals surface area contributed by atoms with Crippen LogP contribution in [0.5, 0.6) is 0 Å². The summed E-state index contributed by atoms with van der Waals surface area (Å²) >= 11 is 0. The van der Waals surface area contributed by atoms with Gasteiger partial charge in [0.25, 0.3) is 15.9 Å². The summed E-state index contributed by atoms with van der Waals surface area (Å²) < 4.78 is 35.6. The SMILES string of the molecule is COC(=O)/C(=C(/C)NNC(=O)OC(C)(C)C)N1C(=O)c2ccccc2S1(=O)=O. The number of hydrogen-bond donors (Lipinski definition) is 2. The van der Waals surface area contributed by atoms with E-state index in [0.717, 1.165) is 7.11 Å². The molecule has 152 valence electrons. The molecule has 11 heteroatoms. The number of sulfonamides is 1. The zero-order chi connectivity index (χ0) is 21.3. The van der Waals surface area contributed by atoms with E-state index in [-0.39, 0.29) is 16.2 Å². The summed E-state index contributed by atoms with van der Waals surface area (Å²) in [7, 11) is -3.28. The largest absolute Gasteiger partial charge is 0.464 e. The van der Waals surface area contributed by atoms with Gasteiger partial charge in [-0.05, 0) is 39.8 Å². The summed E-state index contributed by atoms with van der Waals surface area (Å²) in [5, 5.41) is 0. The number of esters is 1. The maximum atomic E-state index is 12.8. The minimum atomic E-state index is -4.32. The first-order chi connectivity index (χ1) is 12.9. The van der Waals surface area contributed by atoms with Crippen LogP contribution in [-0.2, 0) is 24.3 Å². The second-order valence-electron chi connectivity index (χ2n) is 6.79. The molecule has 28 heavy (non-hydrogen) atoms. The fraction of sp³-hybridized carbons (Fsp3) is 0.353.